The van der Waals surface area contributed by atoms with E-state index in [0.717, 1.165) is 41.2 Å². The van der Waals surface area contributed by atoms with E-state index in [-0.39, 0.29) is 6.02 Å². The van der Waals surface area contributed by atoms with E-state index in [1.165, 1.54) is 16.7 Å². The number of hydrogen-bond acceptors (Lipinski definition) is 1. The summed E-state index contributed by atoms with van der Waals surface area (Å²) in [5.41, 5.74) is 8.79. The summed E-state index contributed by atoms with van der Waals surface area (Å²) in [6.07, 6.45) is 5.54. The Hall–Kier alpha value is -2.73. The van der Waals surface area contributed by atoms with Crippen LogP contribution in [0.15, 0.2) is 24.3 Å². The maximum atomic E-state index is 11.0. The number of benzene rings is 2. The van der Waals surface area contributed by atoms with Crippen molar-refractivity contribution in [2.75, 3.05) is 18.0 Å². The Morgan fingerprint density at radius 3 is 2.04 bits per heavy atom. The summed E-state index contributed by atoms with van der Waals surface area (Å²) < 4.78 is 1.99. The Morgan fingerprint density at radius 2 is 1.52 bits per heavy atom. The normalized spacial score (nSPS) is 14.2. The number of rotatable bonds is 2. The lowest BCUT2D eigenvalue weighted by Crippen LogP contribution is -2.29. The Balaban J connectivity index is 2.12. The molecule has 0 aromatic heterocycles. The van der Waals surface area contributed by atoms with Crippen LogP contribution in [0.1, 0.15) is 33.4 Å². The van der Waals surface area contributed by atoms with Crippen molar-refractivity contribution < 1.29 is 9.68 Å². The van der Waals surface area contributed by atoms with Crippen LogP contribution in [0, 0.1) is 47.0 Å². The summed E-state index contributed by atoms with van der Waals surface area (Å²) in [6, 6.07) is 8.61. The summed E-state index contributed by atoms with van der Waals surface area (Å²) in [4.78, 5) is 2.01. The fourth-order valence-corrected chi connectivity index (χ4v) is 4.03. The second-order valence-electron chi connectivity index (χ2n) is 6.95. The van der Waals surface area contributed by atoms with Crippen LogP contribution < -0.4 is 4.90 Å². The average Bonchev–Trinajstić information content (AvgIpc) is 2.87. The van der Waals surface area contributed by atoms with Crippen LogP contribution in [0.4, 0.5) is 11.4 Å². The maximum absolute atomic E-state index is 11.0. The summed E-state index contributed by atoms with van der Waals surface area (Å²) in [5.74, 6) is 2.69. The van der Waals surface area contributed by atoms with E-state index in [1.54, 1.807) is 0 Å². The number of amidine groups is 1. The molecule has 3 nitrogen and oxygen atoms in total. The SMILES string of the molecule is C#Cc1cc(C)c([N+]2=C(O)N(c3c(C)cc(C)cc3C)CC2)c(C)c1. The van der Waals surface area contributed by atoms with Gasteiger partial charge in [-0.2, -0.15) is 9.48 Å². The molecule has 1 N–H and O–H groups in total. The van der Waals surface area contributed by atoms with Crippen molar-refractivity contribution in [3.05, 3.63) is 57.6 Å². The van der Waals surface area contributed by atoms with Gasteiger partial charge in [0.25, 0.3) is 0 Å². The largest absolute Gasteiger partial charge is 0.454 e. The van der Waals surface area contributed by atoms with Gasteiger partial charge in [0, 0.05) is 5.56 Å². The van der Waals surface area contributed by atoms with Gasteiger partial charge in [0.15, 0.2) is 0 Å². The highest BCUT2D eigenvalue weighted by Crippen LogP contribution is 2.31. The van der Waals surface area contributed by atoms with Gasteiger partial charge in [0.05, 0.1) is 0 Å². The topological polar surface area (TPSA) is 26.5 Å². The third-order valence-electron chi connectivity index (χ3n) is 4.86. The van der Waals surface area contributed by atoms with Crippen LogP contribution >= 0.6 is 0 Å². The number of terminal acetylenes is 1. The zero-order chi connectivity index (χ0) is 18.3. The van der Waals surface area contributed by atoms with Crippen molar-refractivity contribution in [3.63, 3.8) is 0 Å². The Morgan fingerprint density at radius 1 is 0.960 bits per heavy atom. The van der Waals surface area contributed by atoms with Gasteiger partial charge in [-0.25, -0.2) is 0 Å². The molecule has 0 saturated carbocycles. The first kappa shape index (κ1) is 17.1. The first-order valence-electron chi connectivity index (χ1n) is 8.60. The molecule has 1 aliphatic heterocycles. The zero-order valence-electron chi connectivity index (χ0n) is 15.6. The fourth-order valence-electron chi connectivity index (χ4n) is 4.03. The molecule has 1 aliphatic rings. The van der Waals surface area contributed by atoms with Crippen molar-refractivity contribution >= 4 is 17.4 Å². The molecule has 1 heterocycles. The Labute approximate surface area is 150 Å². The van der Waals surface area contributed by atoms with Gasteiger partial charge in [-0.1, -0.05) is 23.6 Å². The third kappa shape index (κ3) is 2.89. The molecule has 3 rings (SSSR count). The fraction of sp³-hybridized carbons (Fsp3) is 0.318. The lowest BCUT2D eigenvalue weighted by Gasteiger charge is -2.15. The van der Waals surface area contributed by atoms with E-state index in [2.05, 4.69) is 38.8 Å². The summed E-state index contributed by atoms with van der Waals surface area (Å²) >= 11 is 0. The molecule has 0 bridgehead atoms. The van der Waals surface area contributed by atoms with Crippen molar-refractivity contribution in [2.24, 2.45) is 0 Å². The summed E-state index contributed by atoms with van der Waals surface area (Å²) in [7, 11) is 0. The van der Waals surface area contributed by atoms with Gasteiger partial charge in [0.2, 0.25) is 0 Å². The van der Waals surface area contributed by atoms with E-state index in [9.17, 15) is 5.11 Å². The standard InChI is InChI=1S/C22H24N2O/c1-7-19-12-17(5)21(18(6)13-19)24-9-8-23(22(24)25)20-15(3)10-14(2)11-16(20)4/h1,10-13H,8-9H2,2-6H3/p+1. The van der Waals surface area contributed by atoms with Crippen LogP contribution in [0.5, 0.6) is 0 Å². The number of hydrogen-bond donors (Lipinski definition) is 1. The van der Waals surface area contributed by atoms with Crippen LogP contribution in [0.25, 0.3) is 0 Å². The molecule has 128 valence electrons. The maximum Gasteiger partial charge on any atom is 0.454 e. The highest BCUT2D eigenvalue weighted by Gasteiger charge is 2.36. The number of aryl methyl sites for hydroxylation is 5. The highest BCUT2D eigenvalue weighted by molar-refractivity contribution is 5.91. The van der Waals surface area contributed by atoms with E-state index in [1.807, 2.05) is 35.5 Å². The zero-order valence-corrected chi connectivity index (χ0v) is 15.6. The van der Waals surface area contributed by atoms with E-state index in [0.29, 0.717) is 0 Å². The predicted octanol–water partition coefficient (Wildman–Crippen LogP) is 4.29. The van der Waals surface area contributed by atoms with Crippen molar-refractivity contribution in [3.8, 4) is 12.3 Å². The van der Waals surface area contributed by atoms with Crippen LogP contribution in [0.2, 0.25) is 0 Å². The quantitative estimate of drug-likeness (QED) is 0.655. The van der Waals surface area contributed by atoms with E-state index >= 15 is 0 Å². The minimum Gasteiger partial charge on any atom is -0.446 e. The molecule has 2 aromatic carbocycles. The van der Waals surface area contributed by atoms with Gasteiger partial charge < -0.3 is 5.11 Å². The number of aliphatic hydroxyl groups excluding tert-OH is 1. The molecule has 0 amide bonds. The van der Waals surface area contributed by atoms with Gasteiger partial charge in [-0.15, -0.1) is 6.42 Å². The average molecular weight is 333 g/mol. The molecule has 0 fully saturated rings. The lowest BCUT2D eigenvalue weighted by atomic mass is 10.0. The molecule has 0 atom stereocenters. The third-order valence-corrected chi connectivity index (χ3v) is 4.86. The van der Waals surface area contributed by atoms with Crippen LogP contribution in [-0.4, -0.2) is 28.8 Å². The minimum atomic E-state index is 0.287. The molecule has 0 radical (unpaired) electrons. The molecule has 0 aliphatic carbocycles. The molecule has 0 saturated heterocycles. The van der Waals surface area contributed by atoms with Crippen molar-refractivity contribution in [1.29, 1.82) is 0 Å². The molecule has 2 aromatic rings. The number of aliphatic hydroxyl groups is 1. The molecule has 0 spiro atoms. The minimum absolute atomic E-state index is 0.287. The van der Waals surface area contributed by atoms with Crippen molar-refractivity contribution in [2.45, 2.75) is 34.6 Å². The number of anilines is 1. The van der Waals surface area contributed by atoms with Crippen LogP contribution in [0.3, 0.4) is 0 Å². The van der Waals surface area contributed by atoms with Crippen LogP contribution in [-0.2, 0) is 0 Å². The summed E-state index contributed by atoms with van der Waals surface area (Å²) in [5, 5.41) is 11.0. The van der Waals surface area contributed by atoms with Gasteiger partial charge in [0.1, 0.15) is 24.5 Å². The Bertz CT molecular complexity index is 886. The van der Waals surface area contributed by atoms with E-state index < -0.39 is 0 Å². The lowest BCUT2D eigenvalue weighted by molar-refractivity contribution is -0.438. The first-order valence-corrected chi connectivity index (χ1v) is 8.60. The smallest absolute Gasteiger partial charge is 0.446 e. The monoisotopic (exact) mass is 333 g/mol. The van der Waals surface area contributed by atoms with Gasteiger partial charge in [-0.3, -0.25) is 0 Å². The van der Waals surface area contributed by atoms with E-state index in [4.69, 9.17) is 6.42 Å². The predicted molar refractivity (Wildman–Crippen MR) is 104 cm³/mol. The molecular weight excluding hydrogens is 308 g/mol. The second-order valence-corrected chi connectivity index (χ2v) is 6.95. The molecule has 25 heavy (non-hydrogen) atoms. The molecule has 3 heteroatoms. The van der Waals surface area contributed by atoms with Gasteiger partial charge in [-0.05, 0) is 69.0 Å². The summed E-state index contributed by atoms with van der Waals surface area (Å²) in [6.45, 7) is 11.9. The molecule has 0 unspecified atom stereocenters. The highest BCUT2D eigenvalue weighted by atomic mass is 16.3. The molecular formula is C22H25N2O+. The first-order chi connectivity index (χ1) is 11.8. The van der Waals surface area contributed by atoms with Gasteiger partial charge >= 0.3 is 6.02 Å². The van der Waals surface area contributed by atoms with Crippen molar-refractivity contribution in [1.82, 2.24) is 0 Å². The number of nitrogens with zero attached hydrogens (tertiary/aromatic N) is 2. The second kappa shape index (κ2) is 6.29. The Kier molecular flexibility index (Phi) is 4.30.